The zero-order chi connectivity index (χ0) is 16.0. The van der Waals surface area contributed by atoms with Crippen LogP contribution in [-0.2, 0) is 11.3 Å². The Hall–Kier alpha value is -1.49. The van der Waals surface area contributed by atoms with Gasteiger partial charge in [-0.3, -0.25) is 0 Å². The van der Waals surface area contributed by atoms with Crippen molar-refractivity contribution >= 4 is 6.09 Å². The molecule has 0 spiro atoms. The van der Waals surface area contributed by atoms with Crippen LogP contribution in [0.4, 0.5) is 4.79 Å². The molecule has 21 heavy (non-hydrogen) atoms. The van der Waals surface area contributed by atoms with Crippen LogP contribution in [-0.4, -0.2) is 24.3 Å². The maximum Gasteiger partial charge on any atom is 0.407 e. The zero-order valence-corrected chi connectivity index (χ0v) is 13.9. The number of nitrogens with one attached hydrogen (secondary N) is 2. The van der Waals surface area contributed by atoms with Crippen molar-refractivity contribution in [1.29, 1.82) is 0 Å². The average molecular weight is 296 g/mol. The number of aryl methyl sites for hydroxylation is 1. The van der Waals surface area contributed by atoms with Crippen LogP contribution >= 0.6 is 0 Å². The minimum absolute atomic E-state index is 0.155. The Bertz CT molecular complexity index is 447. The molecular formula is C16H28N2O3. The van der Waals surface area contributed by atoms with Crippen LogP contribution in [0.5, 0.6) is 0 Å². The summed E-state index contributed by atoms with van der Waals surface area (Å²) in [5, 5.41) is 6.21. The van der Waals surface area contributed by atoms with E-state index in [2.05, 4.69) is 24.5 Å². The van der Waals surface area contributed by atoms with E-state index in [0.717, 1.165) is 11.5 Å². The molecule has 0 aliphatic heterocycles. The number of hydrogen-bond acceptors (Lipinski definition) is 4. The highest BCUT2D eigenvalue weighted by atomic mass is 16.6. The molecule has 0 aromatic carbocycles. The first-order valence-electron chi connectivity index (χ1n) is 7.43. The lowest BCUT2D eigenvalue weighted by atomic mass is 10.0. The molecule has 5 heteroatoms. The normalized spacial score (nSPS) is 13.3. The monoisotopic (exact) mass is 296 g/mol. The largest absolute Gasteiger partial charge is 0.465 e. The minimum Gasteiger partial charge on any atom is -0.465 e. The summed E-state index contributed by atoms with van der Waals surface area (Å²) in [7, 11) is 0. The van der Waals surface area contributed by atoms with Gasteiger partial charge in [-0.15, -0.1) is 0 Å². The van der Waals surface area contributed by atoms with Crippen molar-refractivity contribution in [2.24, 2.45) is 5.92 Å². The molecule has 1 atom stereocenters. The zero-order valence-electron chi connectivity index (χ0n) is 13.9. The van der Waals surface area contributed by atoms with Crippen LogP contribution in [0.15, 0.2) is 16.5 Å². The van der Waals surface area contributed by atoms with Crippen LogP contribution in [0.1, 0.15) is 46.1 Å². The molecule has 1 aromatic rings. The van der Waals surface area contributed by atoms with E-state index >= 15 is 0 Å². The lowest BCUT2D eigenvalue weighted by molar-refractivity contribution is 0.0519. The highest BCUT2D eigenvalue weighted by Crippen LogP contribution is 2.09. The van der Waals surface area contributed by atoms with Gasteiger partial charge in [0.1, 0.15) is 17.1 Å². The second-order valence-electron chi connectivity index (χ2n) is 6.63. The van der Waals surface area contributed by atoms with Crippen molar-refractivity contribution in [1.82, 2.24) is 10.6 Å². The molecule has 2 N–H and O–H groups in total. The Morgan fingerprint density at radius 3 is 2.48 bits per heavy atom. The third-order valence-corrected chi connectivity index (χ3v) is 3.00. The number of amides is 1. The summed E-state index contributed by atoms with van der Waals surface area (Å²) in [5.74, 6) is 2.19. The molecule has 0 saturated heterocycles. The summed E-state index contributed by atoms with van der Waals surface area (Å²) >= 11 is 0. The molecule has 1 heterocycles. The van der Waals surface area contributed by atoms with Gasteiger partial charge in [0.25, 0.3) is 0 Å². The first-order chi connectivity index (χ1) is 9.67. The molecule has 0 aliphatic rings. The predicted molar refractivity (Wildman–Crippen MR) is 83.1 cm³/mol. The summed E-state index contributed by atoms with van der Waals surface area (Å²) in [6, 6.07) is 4.06. The summed E-state index contributed by atoms with van der Waals surface area (Å²) < 4.78 is 10.8. The Morgan fingerprint density at radius 2 is 2.00 bits per heavy atom. The maximum atomic E-state index is 11.7. The lowest BCUT2D eigenvalue weighted by Gasteiger charge is -2.24. The second kappa shape index (κ2) is 7.50. The van der Waals surface area contributed by atoms with Crippen molar-refractivity contribution in [2.45, 2.75) is 59.7 Å². The first-order valence-corrected chi connectivity index (χ1v) is 7.43. The van der Waals surface area contributed by atoms with Gasteiger partial charge in [-0.2, -0.15) is 0 Å². The average Bonchev–Trinajstić information content (AvgIpc) is 2.72. The van der Waals surface area contributed by atoms with Gasteiger partial charge in [-0.25, -0.2) is 4.79 Å². The highest BCUT2D eigenvalue weighted by molar-refractivity contribution is 5.67. The van der Waals surface area contributed by atoms with E-state index in [-0.39, 0.29) is 12.1 Å². The van der Waals surface area contributed by atoms with Crippen LogP contribution in [0.2, 0.25) is 0 Å². The Balaban J connectivity index is 2.41. The van der Waals surface area contributed by atoms with Crippen molar-refractivity contribution < 1.29 is 13.9 Å². The van der Waals surface area contributed by atoms with Gasteiger partial charge in [0.2, 0.25) is 0 Å². The molecular weight excluding hydrogens is 268 g/mol. The topological polar surface area (TPSA) is 63.5 Å². The van der Waals surface area contributed by atoms with Crippen molar-refractivity contribution in [3.05, 3.63) is 23.7 Å². The first kappa shape index (κ1) is 17.6. The molecule has 1 amide bonds. The SMILES string of the molecule is Cc1ccc(CNC(CNC(=O)OC(C)(C)C)C(C)C)o1. The molecule has 0 radical (unpaired) electrons. The van der Waals surface area contributed by atoms with Gasteiger partial charge in [0, 0.05) is 12.6 Å². The number of carbonyl (C=O) groups excluding carboxylic acids is 1. The van der Waals surface area contributed by atoms with Gasteiger partial charge in [-0.05, 0) is 45.7 Å². The summed E-state index contributed by atoms with van der Waals surface area (Å²) in [5.41, 5.74) is -0.476. The van der Waals surface area contributed by atoms with E-state index in [1.54, 1.807) is 0 Å². The third kappa shape index (κ3) is 7.18. The number of hydrogen-bond donors (Lipinski definition) is 2. The molecule has 0 bridgehead atoms. The van der Waals surface area contributed by atoms with E-state index in [9.17, 15) is 4.79 Å². The number of ether oxygens (including phenoxy) is 1. The fraction of sp³-hybridized carbons (Fsp3) is 0.688. The van der Waals surface area contributed by atoms with Crippen LogP contribution < -0.4 is 10.6 Å². The van der Waals surface area contributed by atoms with Gasteiger partial charge >= 0.3 is 6.09 Å². The summed E-state index contributed by atoms with van der Waals surface area (Å²) in [4.78, 5) is 11.7. The summed E-state index contributed by atoms with van der Waals surface area (Å²) in [6.45, 7) is 12.9. The van der Waals surface area contributed by atoms with E-state index in [4.69, 9.17) is 9.15 Å². The van der Waals surface area contributed by atoms with Gasteiger partial charge in [0.05, 0.1) is 6.54 Å². The Kier molecular flexibility index (Phi) is 6.27. The van der Waals surface area contributed by atoms with Crippen molar-refractivity contribution in [3.8, 4) is 0 Å². The number of carbonyl (C=O) groups is 1. The van der Waals surface area contributed by atoms with Gasteiger partial charge in [0.15, 0.2) is 0 Å². The van der Waals surface area contributed by atoms with Gasteiger partial charge in [-0.1, -0.05) is 13.8 Å². The molecule has 120 valence electrons. The maximum absolute atomic E-state index is 11.7. The lowest BCUT2D eigenvalue weighted by Crippen LogP contribution is -2.45. The van der Waals surface area contributed by atoms with E-state index in [1.807, 2.05) is 39.8 Å². The Morgan fingerprint density at radius 1 is 1.33 bits per heavy atom. The minimum atomic E-state index is -0.476. The number of alkyl carbamates (subject to hydrolysis) is 1. The van der Waals surface area contributed by atoms with Crippen LogP contribution in [0.3, 0.4) is 0 Å². The van der Waals surface area contributed by atoms with Gasteiger partial charge < -0.3 is 19.8 Å². The molecule has 1 aromatic heterocycles. The predicted octanol–water partition coefficient (Wildman–Crippen LogP) is 3.23. The quantitative estimate of drug-likeness (QED) is 0.846. The van der Waals surface area contributed by atoms with Crippen LogP contribution in [0, 0.1) is 12.8 Å². The molecule has 0 fully saturated rings. The molecule has 1 unspecified atom stereocenters. The van der Waals surface area contributed by atoms with E-state index in [0.29, 0.717) is 19.0 Å². The molecule has 0 aliphatic carbocycles. The van der Waals surface area contributed by atoms with Crippen molar-refractivity contribution in [2.75, 3.05) is 6.54 Å². The molecule has 0 saturated carbocycles. The van der Waals surface area contributed by atoms with E-state index < -0.39 is 5.60 Å². The molecule has 5 nitrogen and oxygen atoms in total. The number of rotatable bonds is 6. The third-order valence-electron chi connectivity index (χ3n) is 3.00. The van der Waals surface area contributed by atoms with E-state index in [1.165, 1.54) is 0 Å². The van der Waals surface area contributed by atoms with Crippen LogP contribution in [0.25, 0.3) is 0 Å². The van der Waals surface area contributed by atoms with Crippen molar-refractivity contribution in [3.63, 3.8) is 0 Å². The standard InChI is InChI=1S/C16H28N2O3/c1-11(2)14(10-18-15(19)21-16(4,5)6)17-9-13-8-7-12(3)20-13/h7-8,11,14,17H,9-10H2,1-6H3,(H,18,19). The number of furan rings is 1. The smallest absolute Gasteiger partial charge is 0.407 e. The Labute approximate surface area is 127 Å². The fourth-order valence-corrected chi connectivity index (χ4v) is 1.86. The fourth-order valence-electron chi connectivity index (χ4n) is 1.86. The summed E-state index contributed by atoms with van der Waals surface area (Å²) in [6.07, 6.45) is -0.385. The highest BCUT2D eigenvalue weighted by Gasteiger charge is 2.19. The molecule has 1 rings (SSSR count). The second-order valence-corrected chi connectivity index (χ2v) is 6.63.